The zero-order chi connectivity index (χ0) is 10.4. The maximum Gasteiger partial charge on any atom is 0.0693 e. The minimum absolute atomic E-state index is 0.717. The van der Waals surface area contributed by atoms with Crippen LogP contribution < -0.4 is 5.32 Å². The smallest absolute Gasteiger partial charge is 0.0693 e. The van der Waals surface area contributed by atoms with Crippen LogP contribution in [-0.2, 0) is 13.5 Å². The maximum atomic E-state index is 4.72. The SMILES string of the molecule is CNCC1CCc2c1c(C1CC1)nn2C. The fraction of sp³-hybridized carbons (Fsp3) is 0.750. The molecule has 3 nitrogen and oxygen atoms in total. The molecule has 1 aromatic heterocycles. The van der Waals surface area contributed by atoms with E-state index < -0.39 is 0 Å². The van der Waals surface area contributed by atoms with Crippen LogP contribution in [0, 0.1) is 0 Å². The topological polar surface area (TPSA) is 29.9 Å². The lowest BCUT2D eigenvalue weighted by molar-refractivity contribution is 0.603. The molecule has 82 valence electrons. The second-order valence-corrected chi connectivity index (χ2v) is 4.94. The molecule has 2 aliphatic carbocycles. The molecular weight excluding hydrogens is 186 g/mol. The average Bonchev–Trinajstić information content (AvgIpc) is 2.89. The van der Waals surface area contributed by atoms with Crippen LogP contribution in [0.3, 0.4) is 0 Å². The molecule has 1 saturated carbocycles. The molecule has 1 fully saturated rings. The van der Waals surface area contributed by atoms with E-state index in [0.717, 1.165) is 12.5 Å². The van der Waals surface area contributed by atoms with Crippen molar-refractivity contribution in [3.63, 3.8) is 0 Å². The Balaban J connectivity index is 2.00. The van der Waals surface area contributed by atoms with Crippen LogP contribution in [0.5, 0.6) is 0 Å². The van der Waals surface area contributed by atoms with Crippen LogP contribution >= 0.6 is 0 Å². The quantitative estimate of drug-likeness (QED) is 0.811. The first kappa shape index (κ1) is 9.40. The highest BCUT2D eigenvalue weighted by atomic mass is 15.3. The van der Waals surface area contributed by atoms with Crippen molar-refractivity contribution in [2.24, 2.45) is 7.05 Å². The zero-order valence-electron chi connectivity index (χ0n) is 9.58. The van der Waals surface area contributed by atoms with Crippen molar-refractivity contribution in [2.75, 3.05) is 13.6 Å². The third kappa shape index (κ3) is 1.41. The molecule has 2 aliphatic rings. The summed E-state index contributed by atoms with van der Waals surface area (Å²) in [7, 11) is 4.15. The molecule has 1 heterocycles. The Kier molecular flexibility index (Phi) is 2.09. The predicted octanol–water partition coefficient (Wildman–Crippen LogP) is 1.55. The Hall–Kier alpha value is -0.830. The van der Waals surface area contributed by atoms with Crippen molar-refractivity contribution in [3.05, 3.63) is 17.0 Å². The highest BCUT2D eigenvalue weighted by molar-refractivity contribution is 5.38. The van der Waals surface area contributed by atoms with Gasteiger partial charge >= 0.3 is 0 Å². The Labute approximate surface area is 90.9 Å². The highest BCUT2D eigenvalue weighted by Crippen LogP contribution is 2.46. The third-order valence-corrected chi connectivity index (χ3v) is 3.79. The van der Waals surface area contributed by atoms with Gasteiger partial charge in [0.1, 0.15) is 0 Å². The fourth-order valence-corrected chi connectivity index (χ4v) is 2.90. The number of hydrogen-bond donors (Lipinski definition) is 1. The summed E-state index contributed by atoms with van der Waals surface area (Å²) in [5.41, 5.74) is 4.51. The maximum absolute atomic E-state index is 4.72. The summed E-state index contributed by atoms with van der Waals surface area (Å²) in [5, 5.41) is 8.02. The summed E-state index contributed by atoms with van der Waals surface area (Å²) < 4.78 is 2.12. The zero-order valence-corrected chi connectivity index (χ0v) is 9.58. The first-order valence-corrected chi connectivity index (χ1v) is 6.01. The van der Waals surface area contributed by atoms with Crippen molar-refractivity contribution in [1.82, 2.24) is 15.1 Å². The average molecular weight is 205 g/mol. The predicted molar refractivity (Wildman–Crippen MR) is 60.2 cm³/mol. The van der Waals surface area contributed by atoms with Crippen LogP contribution in [0.15, 0.2) is 0 Å². The Morgan fingerprint density at radius 3 is 2.87 bits per heavy atom. The van der Waals surface area contributed by atoms with Gasteiger partial charge in [0.25, 0.3) is 0 Å². The molecule has 1 aromatic rings. The lowest BCUT2D eigenvalue weighted by Crippen LogP contribution is -2.15. The van der Waals surface area contributed by atoms with Gasteiger partial charge in [-0.05, 0) is 32.7 Å². The fourth-order valence-electron chi connectivity index (χ4n) is 2.90. The van der Waals surface area contributed by atoms with Gasteiger partial charge in [-0.25, -0.2) is 0 Å². The normalized spacial score (nSPS) is 24.5. The molecular formula is C12H19N3. The number of nitrogens with one attached hydrogen (secondary N) is 1. The first-order chi connectivity index (χ1) is 7.31. The Bertz CT molecular complexity index is 376. The number of likely N-dealkylation sites (N-methyl/N-ethyl adjacent to an activating group) is 1. The minimum Gasteiger partial charge on any atom is -0.319 e. The van der Waals surface area contributed by atoms with Crippen LogP contribution in [0.2, 0.25) is 0 Å². The molecule has 0 bridgehead atoms. The van der Waals surface area contributed by atoms with Crippen LogP contribution in [0.25, 0.3) is 0 Å². The molecule has 0 spiro atoms. The van der Waals surface area contributed by atoms with Gasteiger partial charge in [0.05, 0.1) is 5.69 Å². The van der Waals surface area contributed by atoms with E-state index in [1.54, 1.807) is 5.56 Å². The Morgan fingerprint density at radius 2 is 2.20 bits per heavy atom. The van der Waals surface area contributed by atoms with E-state index in [0.29, 0.717) is 5.92 Å². The van der Waals surface area contributed by atoms with Gasteiger partial charge in [-0.15, -0.1) is 0 Å². The summed E-state index contributed by atoms with van der Waals surface area (Å²) in [6.45, 7) is 1.11. The molecule has 1 unspecified atom stereocenters. The minimum atomic E-state index is 0.717. The molecule has 0 saturated heterocycles. The van der Waals surface area contributed by atoms with Crippen molar-refractivity contribution in [1.29, 1.82) is 0 Å². The van der Waals surface area contributed by atoms with E-state index in [1.165, 1.54) is 37.1 Å². The summed E-state index contributed by atoms with van der Waals surface area (Å²) in [6.07, 6.45) is 5.24. The van der Waals surface area contributed by atoms with Crippen molar-refractivity contribution < 1.29 is 0 Å². The number of hydrogen-bond acceptors (Lipinski definition) is 2. The van der Waals surface area contributed by atoms with Crippen molar-refractivity contribution in [3.8, 4) is 0 Å². The number of rotatable bonds is 3. The van der Waals surface area contributed by atoms with Crippen LogP contribution in [0.4, 0.5) is 0 Å². The molecule has 0 aliphatic heterocycles. The number of aromatic nitrogens is 2. The second kappa shape index (κ2) is 3.34. The van der Waals surface area contributed by atoms with Crippen molar-refractivity contribution in [2.45, 2.75) is 37.5 Å². The third-order valence-electron chi connectivity index (χ3n) is 3.79. The summed E-state index contributed by atoms with van der Waals surface area (Å²) in [6, 6.07) is 0. The number of fused-ring (bicyclic) bond motifs is 1. The molecule has 3 heteroatoms. The highest BCUT2D eigenvalue weighted by Gasteiger charge is 2.36. The molecule has 0 aromatic carbocycles. The van der Waals surface area contributed by atoms with Gasteiger partial charge in [-0.1, -0.05) is 0 Å². The summed E-state index contributed by atoms with van der Waals surface area (Å²) in [4.78, 5) is 0. The van der Waals surface area contributed by atoms with E-state index >= 15 is 0 Å². The molecule has 0 radical (unpaired) electrons. The molecule has 3 rings (SSSR count). The number of aryl methyl sites for hydroxylation is 1. The monoisotopic (exact) mass is 205 g/mol. The molecule has 1 atom stereocenters. The second-order valence-electron chi connectivity index (χ2n) is 4.94. The lowest BCUT2D eigenvalue weighted by atomic mass is 10.00. The van der Waals surface area contributed by atoms with Gasteiger partial charge < -0.3 is 5.32 Å². The van der Waals surface area contributed by atoms with Gasteiger partial charge in [-0.2, -0.15) is 5.10 Å². The van der Waals surface area contributed by atoms with E-state index in [2.05, 4.69) is 17.0 Å². The Morgan fingerprint density at radius 1 is 1.40 bits per heavy atom. The molecule has 0 amide bonds. The van der Waals surface area contributed by atoms with E-state index in [1.807, 2.05) is 7.05 Å². The largest absolute Gasteiger partial charge is 0.319 e. The van der Waals surface area contributed by atoms with Gasteiger partial charge in [-0.3, -0.25) is 4.68 Å². The lowest BCUT2D eigenvalue weighted by Gasteiger charge is -2.10. The van der Waals surface area contributed by atoms with Crippen LogP contribution in [-0.4, -0.2) is 23.4 Å². The van der Waals surface area contributed by atoms with Gasteiger partial charge in [0.15, 0.2) is 0 Å². The molecule has 1 N–H and O–H groups in total. The van der Waals surface area contributed by atoms with Crippen molar-refractivity contribution >= 4 is 0 Å². The van der Waals surface area contributed by atoms with E-state index in [-0.39, 0.29) is 0 Å². The van der Waals surface area contributed by atoms with Gasteiger partial charge in [0, 0.05) is 36.7 Å². The van der Waals surface area contributed by atoms with E-state index in [4.69, 9.17) is 5.10 Å². The first-order valence-electron chi connectivity index (χ1n) is 6.01. The summed E-state index contributed by atoms with van der Waals surface area (Å²) >= 11 is 0. The van der Waals surface area contributed by atoms with E-state index in [9.17, 15) is 0 Å². The summed E-state index contributed by atoms with van der Waals surface area (Å²) in [5.74, 6) is 1.51. The standard InChI is InChI=1S/C12H19N3/c1-13-7-9-5-6-10-11(9)12(8-3-4-8)14-15(10)2/h8-9,13H,3-7H2,1-2H3. The van der Waals surface area contributed by atoms with Crippen LogP contribution in [0.1, 0.15) is 48.0 Å². The number of nitrogens with zero attached hydrogens (tertiary/aromatic N) is 2. The van der Waals surface area contributed by atoms with Gasteiger partial charge in [0.2, 0.25) is 0 Å². The molecule has 15 heavy (non-hydrogen) atoms.